The molecule has 2 heterocycles. The molecule has 7 aromatic carbocycles. The van der Waals surface area contributed by atoms with Crippen molar-refractivity contribution in [2.75, 3.05) is 4.90 Å². The van der Waals surface area contributed by atoms with E-state index >= 15 is 0 Å². The molecule has 1 unspecified atom stereocenters. The van der Waals surface area contributed by atoms with Crippen LogP contribution >= 0.6 is 0 Å². The Bertz CT molecular complexity index is 2770. The van der Waals surface area contributed by atoms with Crippen molar-refractivity contribution in [3.05, 3.63) is 169 Å². The molecule has 0 saturated heterocycles. The molecule has 0 spiro atoms. The third kappa shape index (κ3) is 4.58. The van der Waals surface area contributed by atoms with Gasteiger partial charge in [-0.3, -0.25) is 0 Å². The predicted molar refractivity (Wildman–Crippen MR) is 208 cm³/mol. The van der Waals surface area contributed by atoms with Crippen LogP contribution in [-0.2, 0) is 6.42 Å². The molecule has 0 radical (unpaired) electrons. The summed E-state index contributed by atoms with van der Waals surface area (Å²) in [5, 5.41) is 5.79. The second-order valence-corrected chi connectivity index (χ2v) is 13.4. The second-order valence-electron chi connectivity index (χ2n) is 13.4. The minimum absolute atomic E-state index is 0.462. The Morgan fingerprint density at radius 3 is 2.08 bits per heavy atom. The minimum atomic E-state index is 0.462. The van der Waals surface area contributed by atoms with E-state index in [9.17, 15) is 0 Å². The number of para-hydroxylation sites is 3. The highest BCUT2D eigenvalue weighted by Gasteiger charge is 2.25. The van der Waals surface area contributed by atoms with Crippen molar-refractivity contribution in [3.8, 4) is 22.3 Å². The first-order valence-electron chi connectivity index (χ1n) is 17.3. The van der Waals surface area contributed by atoms with E-state index in [1.165, 1.54) is 21.7 Å². The van der Waals surface area contributed by atoms with Crippen molar-refractivity contribution < 1.29 is 8.83 Å². The average Bonchev–Trinajstić information content (AvgIpc) is 3.72. The standard InChI is InChI=1S/C47H33NO2/c1-30-22-24-44-39(26-30)41-29-34(23-25-45(41)49-44)48(42-20-9-7-16-35(42)31-12-3-2-4-13-31)43-21-10-8-17-36(43)37-18-11-19-38-40-27-32-14-5-6-15-33(32)28-46(40)50-47(37)38/h2-25,27-30H,26H2,1H3. The lowest BCUT2D eigenvalue weighted by molar-refractivity contribution is 0.584. The molecule has 0 saturated carbocycles. The lowest BCUT2D eigenvalue weighted by atomic mass is 9.93. The van der Waals surface area contributed by atoms with Crippen LogP contribution in [-0.4, -0.2) is 0 Å². The Balaban J connectivity index is 1.23. The highest BCUT2D eigenvalue weighted by molar-refractivity contribution is 6.14. The van der Waals surface area contributed by atoms with E-state index in [1.54, 1.807) is 0 Å². The summed E-state index contributed by atoms with van der Waals surface area (Å²) in [5.41, 5.74) is 11.7. The van der Waals surface area contributed by atoms with Crippen molar-refractivity contribution in [2.24, 2.45) is 5.92 Å². The van der Waals surface area contributed by atoms with Crippen LogP contribution in [0.15, 0.2) is 167 Å². The zero-order chi connectivity index (χ0) is 33.2. The van der Waals surface area contributed by atoms with E-state index in [0.717, 1.165) is 79.0 Å². The summed E-state index contributed by atoms with van der Waals surface area (Å²) in [6, 6.07) is 54.1. The molecule has 0 amide bonds. The fourth-order valence-corrected chi connectivity index (χ4v) is 7.81. The number of fused-ring (bicyclic) bond motifs is 7. The molecule has 238 valence electrons. The maximum Gasteiger partial charge on any atom is 0.143 e. The largest absolute Gasteiger partial charge is 0.456 e. The van der Waals surface area contributed by atoms with Crippen molar-refractivity contribution in [1.82, 2.24) is 0 Å². The quantitative estimate of drug-likeness (QED) is 0.187. The summed E-state index contributed by atoms with van der Waals surface area (Å²) in [6.45, 7) is 2.27. The fraction of sp³-hybridized carbons (Fsp3) is 0.0638. The van der Waals surface area contributed by atoms with Crippen molar-refractivity contribution >= 4 is 66.8 Å². The summed E-state index contributed by atoms with van der Waals surface area (Å²) in [4.78, 5) is 2.41. The first kappa shape index (κ1) is 28.7. The van der Waals surface area contributed by atoms with E-state index in [0.29, 0.717) is 5.92 Å². The maximum atomic E-state index is 6.77. The Kier molecular flexibility index (Phi) is 6.53. The third-order valence-electron chi connectivity index (χ3n) is 10.2. The van der Waals surface area contributed by atoms with E-state index in [4.69, 9.17) is 8.83 Å². The molecule has 0 aliphatic heterocycles. The van der Waals surface area contributed by atoms with Crippen LogP contribution in [0.2, 0.25) is 0 Å². The van der Waals surface area contributed by atoms with Gasteiger partial charge in [0.1, 0.15) is 22.5 Å². The molecule has 2 aromatic heterocycles. The summed E-state index contributed by atoms with van der Waals surface area (Å²) >= 11 is 0. The highest BCUT2D eigenvalue weighted by Crippen LogP contribution is 2.48. The van der Waals surface area contributed by atoms with Crippen LogP contribution in [0, 0.1) is 5.92 Å². The van der Waals surface area contributed by atoms with E-state index in [2.05, 4.69) is 176 Å². The zero-order valence-corrected chi connectivity index (χ0v) is 27.6. The van der Waals surface area contributed by atoms with Crippen molar-refractivity contribution in [3.63, 3.8) is 0 Å². The summed E-state index contributed by atoms with van der Waals surface area (Å²) in [5.74, 6) is 1.43. The number of furan rings is 2. The van der Waals surface area contributed by atoms with Gasteiger partial charge in [0.15, 0.2) is 0 Å². The Morgan fingerprint density at radius 2 is 1.24 bits per heavy atom. The Hall–Kier alpha value is -6.32. The monoisotopic (exact) mass is 643 g/mol. The molecule has 1 aliphatic rings. The number of allylic oxidation sites excluding steroid dienone is 1. The molecular weight excluding hydrogens is 611 g/mol. The van der Waals surface area contributed by atoms with Gasteiger partial charge in [-0.25, -0.2) is 0 Å². The fourth-order valence-electron chi connectivity index (χ4n) is 7.81. The van der Waals surface area contributed by atoms with Crippen LogP contribution in [0.3, 0.4) is 0 Å². The first-order chi connectivity index (χ1) is 24.7. The van der Waals surface area contributed by atoms with Crippen molar-refractivity contribution in [1.29, 1.82) is 0 Å². The van der Waals surface area contributed by atoms with E-state index in [1.807, 2.05) is 0 Å². The number of anilines is 3. The SMILES string of the molecule is CC1C=Cc2oc3ccc(N(c4ccccc4-c4ccccc4)c4ccccc4-c4cccc5c4oc4cc6ccccc6cc45)cc3c2C1. The predicted octanol–water partition coefficient (Wildman–Crippen LogP) is 13.5. The van der Waals surface area contributed by atoms with Gasteiger partial charge < -0.3 is 13.7 Å². The second kappa shape index (κ2) is 11.4. The van der Waals surface area contributed by atoms with Gasteiger partial charge in [-0.2, -0.15) is 0 Å². The van der Waals surface area contributed by atoms with E-state index < -0.39 is 0 Å². The number of hydrogen-bond donors (Lipinski definition) is 0. The molecule has 0 fully saturated rings. The molecule has 3 nitrogen and oxygen atoms in total. The van der Waals surface area contributed by atoms with Gasteiger partial charge in [-0.05, 0) is 77.2 Å². The van der Waals surface area contributed by atoms with Crippen LogP contribution in [0.5, 0.6) is 0 Å². The minimum Gasteiger partial charge on any atom is -0.456 e. The molecule has 9 aromatic rings. The summed E-state index contributed by atoms with van der Waals surface area (Å²) < 4.78 is 13.1. The molecule has 50 heavy (non-hydrogen) atoms. The molecule has 0 bridgehead atoms. The lowest BCUT2D eigenvalue weighted by Gasteiger charge is -2.30. The molecule has 3 heteroatoms. The topological polar surface area (TPSA) is 29.5 Å². The first-order valence-corrected chi connectivity index (χ1v) is 17.3. The van der Waals surface area contributed by atoms with Crippen LogP contribution in [0.25, 0.3) is 72.0 Å². The highest BCUT2D eigenvalue weighted by atomic mass is 16.3. The molecule has 0 N–H and O–H groups in total. The summed E-state index contributed by atoms with van der Waals surface area (Å²) in [7, 11) is 0. The molecule has 1 atom stereocenters. The normalized spacial score (nSPS) is 14.1. The zero-order valence-electron chi connectivity index (χ0n) is 27.6. The van der Waals surface area contributed by atoms with Gasteiger partial charge in [-0.15, -0.1) is 0 Å². The van der Waals surface area contributed by atoms with Gasteiger partial charge in [0.05, 0.1) is 11.4 Å². The van der Waals surface area contributed by atoms with Crippen LogP contribution in [0.1, 0.15) is 18.2 Å². The third-order valence-corrected chi connectivity index (χ3v) is 10.2. The smallest absolute Gasteiger partial charge is 0.143 e. The molecule has 10 rings (SSSR count). The number of rotatable bonds is 5. The van der Waals surface area contributed by atoms with Crippen molar-refractivity contribution in [2.45, 2.75) is 13.3 Å². The number of nitrogens with zero attached hydrogens (tertiary/aromatic N) is 1. The number of benzene rings is 7. The van der Waals surface area contributed by atoms with Gasteiger partial charge in [0.2, 0.25) is 0 Å². The maximum absolute atomic E-state index is 6.77. The lowest BCUT2D eigenvalue weighted by Crippen LogP contribution is -2.12. The van der Waals surface area contributed by atoms with Crippen LogP contribution in [0.4, 0.5) is 17.1 Å². The molecule has 1 aliphatic carbocycles. The summed E-state index contributed by atoms with van der Waals surface area (Å²) in [6.07, 6.45) is 5.34. The number of hydrogen-bond acceptors (Lipinski definition) is 3. The van der Waals surface area contributed by atoms with Gasteiger partial charge in [0, 0.05) is 44.1 Å². The van der Waals surface area contributed by atoms with Gasteiger partial charge >= 0.3 is 0 Å². The molecular formula is C47H33NO2. The average molecular weight is 644 g/mol. The Labute approximate surface area is 290 Å². The van der Waals surface area contributed by atoms with Gasteiger partial charge in [0.25, 0.3) is 0 Å². The Morgan fingerprint density at radius 1 is 0.540 bits per heavy atom. The van der Waals surface area contributed by atoms with Crippen LogP contribution < -0.4 is 4.90 Å². The van der Waals surface area contributed by atoms with Gasteiger partial charge in [-0.1, -0.05) is 122 Å². The van der Waals surface area contributed by atoms with E-state index in [-0.39, 0.29) is 0 Å².